The van der Waals surface area contributed by atoms with Gasteiger partial charge in [0.1, 0.15) is 17.2 Å². The summed E-state index contributed by atoms with van der Waals surface area (Å²) in [6.45, 7) is 2.58. The first-order valence-corrected chi connectivity index (χ1v) is 8.18. The number of ether oxygens (including phenoxy) is 3. The molecule has 2 aromatic rings. The summed E-state index contributed by atoms with van der Waals surface area (Å²) in [5, 5.41) is 2.95. The van der Waals surface area contributed by atoms with Gasteiger partial charge in [-0.15, -0.1) is 0 Å². The second-order valence-electron chi connectivity index (χ2n) is 5.77. The van der Waals surface area contributed by atoms with Crippen LogP contribution in [0.25, 0.3) is 0 Å². The van der Waals surface area contributed by atoms with Crippen molar-refractivity contribution >= 4 is 5.91 Å². The van der Waals surface area contributed by atoms with Crippen LogP contribution in [-0.2, 0) is 17.6 Å². The van der Waals surface area contributed by atoms with E-state index in [1.165, 1.54) is 5.56 Å². The highest BCUT2D eigenvalue weighted by molar-refractivity contribution is 5.79. The van der Waals surface area contributed by atoms with E-state index in [0.717, 1.165) is 16.9 Å². The number of carbonyl (C=O) groups excluding carboxylic acids is 1. The van der Waals surface area contributed by atoms with Gasteiger partial charge in [0, 0.05) is 12.1 Å². The molecule has 0 bridgehead atoms. The van der Waals surface area contributed by atoms with Crippen LogP contribution in [0, 0.1) is 6.92 Å². The Hall–Kier alpha value is -2.69. The number of benzene rings is 2. The van der Waals surface area contributed by atoms with Crippen molar-refractivity contribution in [3.8, 4) is 17.2 Å². The lowest BCUT2D eigenvalue weighted by Crippen LogP contribution is -2.27. The summed E-state index contributed by atoms with van der Waals surface area (Å²) in [6, 6.07) is 11.5. The van der Waals surface area contributed by atoms with Crippen LogP contribution in [0.2, 0.25) is 0 Å². The summed E-state index contributed by atoms with van der Waals surface area (Å²) in [5.74, 6) is 2.16. The summed E-state index contributed by atoms with van der Waals surface area (Å²) < 4.78 is 15.9. The van der Waals surface area contributed by atoms with E-state index < -0.39 is 0 Å². The Balaban J connectivity index is 1.94. The first-order valence-electron chi connectivity index (χ1n) is 8.18. The number of rotatable bonds is 8. The van der Waals surface area contributed by atoms with E-state index in [9.17, 15) is 4.79 Å². The largest absolute Gasteiger partial charge is 0.497 e. The van der Waals surface area contributed by atoms with Crippen LogP contribution >= 0.6 is 0 Å². The van der Waals surface area contributed by atoms with Gasteiger partial charge in [-0.05, 0) is 43.2 Å². The summed E-state index contributed by atoms with van der Waals surface area (Å²) in [4.78, 5) is 12.3. The molecule has 5 nitrogen and oxygen atoms in total. The van der Waals surface area contributed by atoms with Crippen molar-refractivity contribution in [2.75, 3.05) is 27.9 Å². The molecule has 5 heteroatoms. The fourth-order valence-electron chi connectivity index (χ4n) is 2.69. The molecule has 0 unspecified atom stereocenters. The topological polar surface area (TPSA) is 56.8 Å². The van der Waals surface area contributed by atoms with Gasteiger partial charge in [-0.3, -0.25) is 4.79 Å². The van der Waals surface area contributed by atoms with E-state index in [2.05, 4.69) is 11.4 Å². The van der Waals surface area contributed by atoms with Crippen molar-refractivity contribution < 1.29 is 19.0 Å². The predicted octanol–water partition coefficient (Wildman–Crippen LogP) is 2.92. The molecule has 0 aromatic heterocycles. The van der Waals surface area contributed by atoms with E-state index in [-0.39, 0.29) is 12.3 Å². The van der Waals surface area contributed by atoms with Crippen molar-refractivity contribution in [2.24, 2.45) is 0 Å². The van der Waals surface area contributed by atoms with E-state index in [1.807, 2.05) is 31.2 Å². The van der Waals surface area contributed by atoms with Gasteiger partial charge in [0.15, 0.2) is 0 Å². The summed E-state index contributed by atoms with van der Waals surface area (Å²) in [6.07, 6.45) is 0.956. The average Bonchev–Trinajstić information content (AvgIpc) is 2.61. The summed E-state index contributed by atoms with van der Waals surface area (Å²) in [5.41, 5.74) is 3.05. The summed E-state index contributed by atoms with van der Waals surface area (Å²) >= 11 is 0. The molecule has 1 N–H and O–H groups in total. The SMILES string of the molecule is COc1ccc(OC)c(CC(=O)NCCc2cc(C)ccc2OC)c1. The smallest absolute Gasteiger partial charge is 0.224 e. The zero-order valence-corrected chi connectivity index (χ0v) is 15.2. The second-order valence-corrected chi connectivity index (χ2v) is 5.77. The molecular weight excluding hydrogens is 318 g/mol. The Morgan fingerprint density at radius 3 is 2.28 bits per heavy atom. The van der Waals surface area contributed by atoms with Gasteiger partial charge >= 0.3 is 0 Å². The highest BCUT2D eigenvalue weighted by atomic mass is 16.5. The minimum Gasteiger partial charge on any atom is -0.497 e. The number of nitrogens with one attached hydrogen (secondary N) is 1. The van der Waals surface area contributed by atoms with Gasteiger partial charge in [0.05, 0.1) is 27.8 Å². The molecule has 1 amide bonds. The van der Waals surface area contributed by atoms with Crippen LogP contribution in [0.5, 0.6) is 17.2 Å². The first kappa shape index (κ1) is 18.6. The van der Waals surface area contributed by atoms with Crippen LogP contribution in [0.3, 0.4) is 0 Å². The maximum atomic E-state index is 12.3. The van der Waals surface area contributed by atoms with Gasteiger partial charge in [0.25, 0.3) is 0 Å². The third kappa shape index (κ3) is 5.14. The molecule has 25 heavy (non-hydrogen) atoms. The monoisotopic (exact) mass is 343 g/mol. The molecule has 0 heterocycles. The molecule has 2 rings (SSSR count). The number of hydrogen-bond donors (Lipinski definition) is 1. The van der Waals surface area contributed by atoms with Crippen molar-refractivity contribution in [1.82, 2.24) is 5.32 Å². The fourth-order valence-corrected chi connectivity index (χ4v) is 2.69. The Kier molecular flexibility index (Phi) is 6.69. The minimum atomic E-state index is -0.0572. The third-order valence-corrected chi connectivity index (χ3v) is 3.99. The molecule has 2 aromatic carbocycles. The Morgan fingerprint density at radius 1 is 0.920 bits per heavy atom. The molecule has 0 fully saturated rings. The molecule has 0 radical (unpaired) electrons. The molecule has 0 saturated carbocycles. The third-order valence-electron chi connectivity index (χ3n) is 3.99. The van der Waals surface area contributed by atoms with Crippen LogP contribution in [0.4, 0.5) is 0 Å². The quantitative estimate of drug-likeness (QED) is 0.801. The first-order chi connectivity index (χ1) is 12.1. The van der Waals surface area contributed by atoms with Gasteiger partial charge < -0.3 is 19.5 Å². The van der Waals surface area contributed by atoms with Gasteiger partial charge in [0.2, 0.25) is 5.91 Å². The fraction of sp³-hybridized carbons (Fsp3) is 0.350. The molecule has 0 spiro atoms. The highest BCUT2D eigenvalue weighted by Crippen LogP contribution is 2.24. The van der Waals surface area contributed by atoms with Crippen molar-refractivity contribution in [1.29, 1.82) is 0 Å². The molecular formula is C20H25NO4. The standard InChI is InChI=1S/C20H25NO4/c1-14-5-7-18(24-3)15(11-14)9-10-21-20(22)13-16-12-17(23-2)6-8-19(16)25-4/h5-8,11-12H,9-10,13H2,1-4H3,(H,21,22). The Labute approximate surface area is 148 Å². The van der Waals surface area contributed by atoms with E-state index in [4.69, 9.17) is 14.2 Å². The minimum absolute atomic E-state index is 0.0572. The van der Waals surface area contributed by atoms with Crippen LogP contribution in [0.15, 0.2) is 36.4 Å². The molecule has 0 aliphatic heterocycles. The lowest BCUT2D eigenvalue weighted by Gasteiger charge is -2.12. The van der Waals surface area contributed by atoms with Crippen molar-refractivity contribution in [3.63, 3.8) is 0 Å². The number of amides is 1. The molecule has 0 atom stereocenters. The number of methoxy groups -OCH3 is 3. The summed E-state index contributed by atoms with van der Waals surface area (Å²) in [7, 11) is 4.84. The van der Waals surface area contributed by atoms with Gasteiger partial charge in [-0.25, -0.2) is 0 Å². The van der Waals surface area contributed by atoms with E-state index >= 15 is 0 Å². The number of aryl methyl sites for hydroxylation is 1. The lowest BCUT2D eigenvalue weighted by atomic mass is 10.1. The van der Waals surface area contributed by atoms with Gasteiger partial charge in [-0.2, -0.15) is 0 Å². The molecule has 0 aliphatic rings. The molecule has 0 saturated heterocycles. The maximum Gasteiger partial charge on any atom is 0.224 e. The van der Waals surface area contributed by atoms with Crippen molar-refractivity contribution in [2.45, 2.75) is 19.8 Å². The average molecular weight is 343 g/mol. The van der Waals surface area contributed by atoms with E-state index in [1.54, 1.807) is 27.4 Å². The number of hydrogen-bond acceptors (Lipinski definition) is 4. The van der Waals surface area contributed by atoms with Crippen LogP contribution in [0.1, 0.15) is 16.7 Å². The van der Waals surface area contributed by atoms with Gasteiger partial charge in [-0.1, -0.05) is 17.7 Å². The zero-order chi connectivity index (χ0) is 18.2. The Bertz CT molecular complexity index is 728. The van der Waals surface area contributed by atoms with E-state index in [0.29, 0.717) is 24.5 Å². The van der Waals surface area contributed by atoms with Crippen LogP contribution < -0.4 is 19.5 Å². The molecule has 0 aliphatic carbocycles. The Morgan fingerprint density at radius 2 is 1.60 bits per heavy atom. The normalized spacial score (nSPS) is 10.2. The zero-order valence-electron chi connectivity index (χ0n) is 15.2. The number of carbonyl (C=O) groups is 1. The highest BCUT2D eigenvalue weighted by Gasteiger charge is 2.11. The van der Waals surface area contributed by atoms with Crippen LogP contribution in [-0.4, -0.2) is 33.8 Å². The van der Waals surface area contributed by atoms with Crippen molar-refractivity contribution in [3.05, 3.63) is 53.1 Å². The maximum absolute atomic E-state index is 12.3. The molecule has 134 valence electrons. The predicted molar refractivity (Wildman–Crippen MR) is 97.7 cm³/mol. The second kappa shape index (κ2) is 8.97. The lowest BCUT2D eigenvalue weighted by molar-refractivity contribution is -0.120.